The summed E-state index contributed by atoms with van der Waals surface area (Å²) in [6.07, 6.45) is 0. The molecular formula is C9H6N2O4. The second-order valence-corrected chi connectivity index (χ2v) is 2.81. The SMILES string of the molecule is CC(=O)c1cc([N+](=O)[O-])c(O)cc1C#N. The van der Waals surface area contributed by atoms with Gasteiger partial charge >= 0.3 is 5.69 Å². The summed E-state index contributed by atoms with van der Waals surface area (Å²) >= 11 is 0. The van der Waals surface area contributed by atoms with Gasteiger partial charge in [-0.05, 0) is 6.92 Å². The molecule has 0 fully saturated rings. The Labute approximate surface area is 84.5 Å². The number of benzene rings is 1. The summed E-state index contributed by atoms with van der Waals surface area (Å²) in [5, 5.41) is 28.3. The van der Waals surface area contributed by atoms with Gasteiger partial charge in [0.05, 0.1) is 10.5 Å². The maximum atomic E-state index is 11.1. The third kappa shape index (κ3) is 1.91. The normalized spacial score (nSPS) is 9.33. The zero-order valence-electron chi connectivity index (χ0n) is 7.72. The lowest BCUT2D eigenvalue weighted by Gasteiger charge is -2.01. The van der Waals surface area contributed by atoms with Crippen LogP contribution in [0.3, 0.4) is 0 Å². The summed E-state index contributed by atoms with van der Waals surface area (Å²) in [5.74, 6) is -1.09. The molecule has 0 heterocycles. The third-order valence-corrected chi connectivity index (χ3v) is 1.81. The fourth-order valence-corrected chi connectivity index (χ4v) is 1.11. The summed E-state index contributed by atoms with van der Waals surface area (Å²) in [6.45, 7) is 1.19. The molecule has 0 bridgehead atoms. The molecule has 0 amide bonds. The van der Waals surface area contributed by atoms with Crippen molar-refractivity contribution in [2.45, 2.75) is 6.92 Å². The van der Waals surface area contributed by atoms with E-state index in [1.165, 1.54) is 6.92 Å². The summed E-state index contributed by atoms with van der Waals surface area (Å²) in [6, 6.07) is 3.49. The largest absolute Gasteiger partial charge is 0.502 e. The van der Waals surface area contributed by atoms with Gasteiger partial charge in [-0.25, -0.2) is 0 Å². The van der Waals surface area contributed by atoms with Crippen molar-refractivity contribution in [2.24, 2.45) is 0 Å². The number of ketones is 1. The van der Waals surface area contributed by atoms with Gasteiger partial charge in [0, 0.05) is 17.7 Å². The van der Waals surface area contributed by atoms with Gasteiger partial charge in [-0.1, -0.05) is 0 Å². The maximum Gasteiger partial charge on any atom is 0.311 e. The van der Waals surface area contributed by atoms with Crippen LogP contribution in [0.25, 0.3) is 0 Å². The van der Waals surface area contributed by atoms with Gasteiger partial charge in [0.15, 0.2) is 11.5 Å². The number of nitro groups is 1. The number of nitrogens with zero attached hydrogens (tertiary/aromatic N) is 2. The molecule has 0 atom stereocenters. The molecule has 0 saturated heterocycles. The topological polar surface area (TPSA) is 104 Å². The molecule has 1 rings (SSSR count). The zero-order valence-corrected chi connectivity index (χ0v) is 7.72. The van der Waals surface area contributed by atoms with E-state index in [0.29, 0.717) is 0 Å². The minimum absolute atomic E-state index is 0.0676. The van der Waals surface area contributed by atoms with E-state index >= 15 is 0 Å². The molecular weight excluding hydrogens is 200 g/mol. The minimum Gasteiger partial charge on any atom is -0.502 e. The van der Waals surface area contributed by atoms with Crippen molar-refractivity contribution < 1.29 is 14.8 Å². The summed E-state index contributed by atoms with van der Waals surface area (Å²) < 4.78 is 0. The van der Waals surface area contributed by atoms with Crippen molar-refractivity contribution in [1.29, 1.82) is 5.26 Å². The van der Waals surface area contributed by atoms with E-state index in [1.807, 2.05) is 0 Å². The van der Waals surface area contributed by atoms with Crippen molar-refractivity contribution in [3.8, 4) is 11.8 Å². The number of carbonyl (C=O) groups is 1. The molecule has 0 aromatic heterocycles. The molecule has 0 radical (unpaired) electrons. The molecule has 1 N–H and O–H groups in total. The highest BCUT2D eigenvalue weighted by atomic mass is 16.6. The molecule has 0 aliphatic heterocycles. The number of aromatic hydroxyl groups is 1. The van der Waals surface area contributed by atoms with Gasteiger partial charge in [0.2, 0.25) is 0 Å². The molecule has 0 spiro atoms. The van der Waals surface area contributed by atoms with Crippen LogP contribution in [0, 0.1) is 21.4 Å². The number of Topliss-reactive ketones (excluding diaryl/α,β-unsaturated/α-hetero) is 1. The Hall–Kier alpha value is -2.42. The molecule has 1 aromatic rings. The van der Waals surface area contributed by atoms with E-state index in [0.717, 1.165) is 12.1 Å². The second kappa shape index (κ2) is 3.75. The molecule has 6 nitrogen and oxygen atoms in total. The van der Waals surface area contributed by atoms with Crippen molar-refractivity contribution >= 4 is 11.5 Å². The van der Waals surface area contributed by atoms with Crippen molar-refractivity contribution in [3.63, 3.8) is 0 Å². The number of nitro benzene ring substituents is 1. The van der Waals surface area contributed by atoms with Gasteiger partial charge < -0.3 is 5.11 Å². The predicted octanol–water partition coefficient (Wildman–Crippen LogP) is 1.37. The Balaban J connectivity index is 3.52. The Morgan fingerprint density at radius 2 is 2.20 bits per heavy atom. The van der Waals surface area contributed by atoms with Crippen LogP contribution in [0.5, 0.6) is 5.75 Å². The number of hydrogen-bond acceptors (Lipinski definition) is 5. The van der Waals surface area contributed by atoms with Crippen LogP contribution >= 0.6 is 0 Å². The molecule has 76 valence electrons. The molecule has 0 aliphatic carbocycles. The second-order valence-electron chi connectivity index (χ2n) is 2.81. The van der Waals surface area contributed by atoms with Crippen LogP contribution in [0.15, 0.2) is 12.1 Å². The summed E-state index contributed by atoms with van der Waals surface area (Å²) in [4.78, 5) is 20.7. The number of phenolic OH excluding ortho intramolecular Hbond substituents is 1. The number of carbonyl (C=O) groups excluding carboxylic acids is 1. The van der Waals surface area contributed by atoms with Crippen LogP contribution in [-0.2, 0) is 0 Å². The zero-order chi connectivity index (χ0) is 11.6. The maximum absolute atomic E-state index is 11.1. The minimum atomic E-state index is -0.817. The highest BCUT2D eigenvalue weighted by molar-refractivity contribution is 5.97. The van der Waals surface area contributed by atoms with Crippen molar-refractivity contribution in [2.75, 3.05) is 0 Å². The van der Waals surface area contributed by atoms with Gasteiger partial charge in [0.25, 0.3) is 0 Å². The third-order valence-electron chi connectivity index (χ3n) is 1.81. The molecule has 0 saturated carbocycles. The van der Waals surface area contributed by atoms with Crippen LogP contribution in [0.2, 0.25) is 0 Å². The fraction of sp³-hybridized carbons (Fsp3) is 0.111. The van der Waals surface area contributed by atoms with Crippen LogP contribution < -0.4 is 0 Å². The smallest absolute Gasteiger partial charge is 0.311 e. The van der Waals surface area contributed by atoms with E-state index in [1.54, 1.807) is 6.07 Å². The van der Waals surface area contributed by atoms with E-state index < -0.39 is 22.1 Å². The van der Waals surface area contributed by atoms with Crippen LogP contribution in [0.1, 0.15) is 22.8 Å². The van der Waals surface area contributed by atoms with E-state index in [4.69, 9.17) is 5.26 Å². The lowest BCUT2D eigenvalue weighted by Crippen LogP contribution is -1.99. The summed E-state index contributed by atoms with van der Waals surface area (Å²) in [5.41, 5.74) is -0.730. The molecule has 0 aliphatic rings. The number of hydrogen-bond donors (Lipinski definition) is 1. The first-order chi connectivity index (χ1) is 6.97. The lowest BCUT2D eigenvalue weighted by molar-refractivity contribution is -0.385. The Kier molecular flexibility index (Phi) is 2.67. The van der Waals surface area contributed by atoms with Gasteiger partial charge in [-0.3, -0.25) is 14.9 Å². The predicted molar refractivity (Wildman–Crippen MR) is 49.5 cm³/mol. The average molecular weight is 206 g/mol. The molecule has 1 aromatic carbocycles. The number of phenols is 1. The first-order valence-corrected chi connectivity index (χ1v) is 3.89. The van der Waals surface area contributed by atoms with Crippen molar-refractivity contribution in [1.82, 2.24) is 0 Å². The van der Waals surface area contributed by atoms with Crippen molar-refractivity contribution in [3.05, 3.63) is 33.4 Å². The highest BCUT2D eigenvalue weighted by Gasteiger charge is 2.19. The number of rotatable bonds is 2. The van der Waals surface area contributed by atoms with E-state index in [2.05, 4.69) is 0 Å². The van der Waals surface area contributed by atoms with Crippen LogP contribution in [0.4, 0.5) is 5.69 Å². The van der Waals surface area contributed by atoms with E-state index in [-0.39, 0.29) is 11.1 Å². The monoisotopic (exact) mass is 206 g/mol. The fourth-order valence-electron chi connectivity index (χ4n) is 1.11. The number of nitriles is 1. The first kappa shape index (κ1) is 10.7. The molecule has 0 unspecified atom stereocenters. The van der Waals surface area contributed by atoms with Crippen LogP contribution in [-0.4, -0.2) is 15.8 Å². The molecule has 15 heavy (non-hydrogen) atoms. The van der Waals surface area contributed by atoms with Gasteiger partial charge in [-0.15, -0.1) is 0 Å². The summed E-state index contributed by atoms with van der Waals surface area (Å²) in [7, 11) is 0. The van der Waals surface area contributed by atoms with Gasteiger partial charge in [0.1, 0.15) is 6.07 Å². The average Bonchev–Trinajstić information content (AvgIpc) is 2.16. The molecule has 6 heteroatoms. The lowest BCUT2D eigenvalue weighted by atomic mass is 10.0. The van der Waals surface area contributed by atoms with E-state index in [9.17, 15) is 20.0 Å². The Bertz CT molecular complexity index is 488. The Morgan fingerprint density at radius 1 is 1.60 bits per heavy atom. The first-order valence-electron chi connectivity index (χ1n) is 3.89. The quantitative estimate of drug-likeness (QED) is 0.447. The van der Waals surface area contributed by atoms with Gasteiger partial charge in [-0.2, -0.15) is 5.26 Å². The highest BCUT2D eigenvalue weighted by Crippen LogP contribution is 2.29. The standard InChI is InChI=1S/C9H6N2O4/c1-5(12)7-3-8(11(14)15)9(13)2-6(7)4-10/h2-3,13H,1H3. The Morgan fingerprint density at radius 3 is 2.60 bits per heavy atom.